The lowest BCUT2D eigenvalue weighted by molar-refractivity contribution is 0.883. The van der Waals surface area contributed by atoms with Crippen molar-refractivity contribution in [1.29, 1.82) is 0 Å². The van der Waals surface area contributed by atoms with Crippen LogP contribution in [0.4, 0.5) is 0 Å². The molecule has 0 N–H and O–H groups in total. The summed E-state index contributed by atoms with van der Waals surface area (Å²) in [6, 6.07) is 7.18. The lowest BCUT2D eigenvalue weighted by Crippen LogP contribution is -2.02. The van der Waals surface area contributed by atoms with E-state index in [0.29, 0.717) is 15.9 Å². The largest absolute Gasteiger partial charge is 0.293 e. The van der Waals surface area contributed by atoms with Gasteiger partial charge in [0.25, 0.3) is 0 Å². The minimum Gasteiger partial charge on any atom is -0.293 e. The molecule has 0 amide bonds. The van der Waals surface area contributed by atoms with Crippen molar-refractivity contribution < 1.29 is 0 Å². The van der Waals surface area contributed by atoms with Crippen molar-refractivity contribution in [1.82, 2.24) is 14.5 Å². The maximum atomic E-state index is 6.30. The highest BCUT2D eigenvalue weighted by Gasteiger charge is 2.18. The average Bonchev–Trinajstić information content (AvgIpc) is 2.81. The van der Waals surface area contributed by atoms with Gasteiger partial charge < -0.3 is 0 Å². The smallest absolute Gasteiger partial charge is 0.132 e. The molecule has 3 aromatic rings. The Balaban J connectivity index is 2.39. The first kappa shape index (κ1) is 13.7. The summed E-state index contributed by atoms with van der Waals surface area (Å²) in [5, 5.41) is 0.926. The number of fused-ring (bicyclic) bond motifs is 1. The third-order valence-corrected chi connectivity index (χ3v) is 3.74. The van der Waals surface area contributed by atoms with Crippen LogP contribution in [-0.4, -0.2) is 14.5 Å². The molecule has 3 rings (SSSR count). The van der Waals surface area contributed by atoms with Crippen LogP contribution in [0.25, 0.3) is 16.7 Å². The zero-order valence-electron chi connectivity index (χ0n) is 10.5. The van der Waals surface area contributed by atoms with Crippen molar-refractivity contribution in [3.8, 4) is 5.69 Å². The van der Waals surface area contributed by atoms with Gasteiger partial charge in [0.2, 0.25) is 0 Å². The number of imidazole rings is 1. The van der Waals surface area contributed by atoms with Crippen molar-refractivity contribution in [2.75, 3.05) is 0 Å². The topological polar surface area (TPSA) is 30.7 Å². The van der Waals surface area contributed by atoms with Gasteiger partial charge in [0.15, 0.2) is 0 Å². The number of rotatable bonds is 2. The minimum atomic E-state index is -0.266. The molecule has 2 aromatic heterocycles. The SMILES string of the molecule is CC(Cl)c1nc2cnccc2n1-c1cc(Cl)ccc1Cl. The van der Waals surface area contributed by atoms with Crippen molar-refractivity contribution in [2.45, 2.75) is 12.3 Å². The van der Waals surface area contributed by atoms with Crippen LogP contribution in [0.5, 0.6) is 0 Å². The van der Waals surface area contributed by atoms with Gasteiger partial charge in [-0.15, -0.1) is 11.6 Å². The van der Waals surface area contributed by atoms with E-state index in [1.165, 1.54) is 0 Å². The predicted octanol–water partition coefficient (Wildman–Crippen LogP) is 5.03. The van der Waals surface area contributed by atoms with Gasteiger partial charge in [-0.05, 0) is 31.2 Å². The van der Waals surface area contributed by atoms with Crippen molar-refractivity contribution in [3.05, 3.63) is 52.5 Å². The van der Waals surface area contributed by atoms with Crippen LogP contribution in [0.1, 0.15) is 18.1 Å². The van der Waals surface area contributed by atoms with Crippen LogP contribution in [0.15, 0.2) is 36.7 Å². The molecule has 20 heavy (non-hydrogen) atoms. The van der Waals surface area contributed by atoms with E-state index in [4.69, 9.17) is 34.8 Å². The molecular weight excluding hydrogens is 317 g/mol. The zero-order valence-corrected chi connectivity index (χ0v) is 12.8. The fourth-order valence-electron chi connectivity index (χ4n) is 2.13. The van der Waals surface area contributed by atoms with Crippen molar-refractivity contribution in [3.63, 3.8) is 0 Å². The highest BCUT2D eigenvalue weighted by Crippen LogP contribution is 2.32. The molecule has 0 aliphatic heterocycles. The molecule has 2 heterocycles. The molecule has 0 radical (unpaired) electrons. The standard InChI is InChI=1S/C14H10Cl3N3/c1-8(15)14-19-11-7-18-5-4-12(11)20(14)13-6-9(16)2-3-10(13)17/h2-8H,1H3. The van der Waals surface area contributed by atoms with Gasteiger partial charge in [0, 0.05) is 11.2 Å². The Labute approximate surface area is 131 Å². The van der Waals surface area contributed by atoms with E-state index in [-0.39, 0.29) is 5.38 Å². The summed E-state index contributed by atoms with van der Waals surface area (Å²) < 4.78 is 1.92. The summed E-state index contributed by atoms with van der Waals surface area (Å²) in [7, 11) is 0. The summed E-state index contributed by atoms with van der Waals surface area (Å²) in [5.74, 6) is 0.707. The van der Waals surface area contributed by atoms with E-state index in [0.717, 1.165) is 16.7 Å². The first-order chi connectivity index (χ1) is 9.58. The third-order valence-electron chi connectivity index (χ3n) is 2.99. The van der Waals surface area contributed by atoms with Crippen LogP contribution >= 0.6 is 34.8 Å². The molecule has 6 heteroatoms. The second-order valence-corrected chi connectivity index (χ2v) is 5.88. The Kier molecular flexibility index (Phi) is 3.59. The first-order valence-corrected chi connectivity index (χ1v) is 7.19. The highest BCUT2D eigenvalue weighted by molar-refractivity contribution is 6.34. The molecular formula is C14H10Cl3N3. The number of aromatic nitrogens is 3. The fourth-order valence-corrected chi connectivity index (χ4v) is 2.64. The molecule has 0 spiro atoms. The highest BCUT2D eigenvalue weighted by atomic mass is 35.5. The van der Waals surface area contributed by atoms with Crippen molar-refractivity contribution >= 4 is 45.8 Å². The normalized spacial score (nSPS) is 12.8. The number of pyridine rings is 1. The molecule has 0 aliphatic rings. The van der Waals surface area contributed by atoms with Crippen LogP contribution in [-0.2, 0) is 0 Å². The van der Waals surface area contributed by atoms with Crippen LogP contribution in [0.3, 0.4) is 0 Å². The van der Waals surface area contributed by atoms with Crippen molar-refractivity contribution in [2.24, 2.45) is 0 Å². The van der Waals surface area contributed by atoms with Crippen LogP contribution in [0, 0.1) is 0 Å². The van der Waals surface area contributed by atoms with Gasteiger partial charge in [-0.25, -0.2) is 4.98 Å². The van der Waals surface area contributed by atoms with Gasteiger partial charge in [-0.1, -0.05) is 23.2 Å². The van der Waals surface area contributed by atoms with Gasteiger partial charge >= 0.3 is 0 Å². The Bertz CT molecular complexity index is 780. The average molecular weight is 327 g/mol. The van der Waals surface area contributed by atoms with E-state index in [1.807, 2.05) is 17.6 Å². The van der Waals surface area contributed by atoms with E-state index >= 15 is 0 Å². The second-order valence-electron chi connectivity index (χ2n) is 4.38. The maximum absolute atomic E-state index is 6.30. The van der Waals surface area contributed by atoms with Gasteiger partial charge in [0.05, 0.1) is 27.8 Å². The number of nitrogens with zero attached hydrogens (tertiary/aromatic N) is 3. The monoisotopic (exact) mass is 325 g/mol. The molecule has 0 bridgehead atoms. The molecule has 0 aliphatic carbocycles. The molecule has 1 atom stereocenters. The van der Waals surface area contributed by atoms with E-state index in [9.17, 15) is 0 Å². The minimum absolute atomic E-state index is 0.266. The summed E-state index contributed by atoms with van der Waals surface area (Å²) in [5.41, 5.74) is 2.42. The van der Waals surface area contributed by atoms with Gasteiger partial charge in [-0.3, -0.25) is 9.55 Å². The predicted molar refractivity (Wildman–Crippen MR) is 83.2 cm³/mol. The Morgan fingerprint density at radius 2 is 2.00 bits per heavy atom. The van der Waals surface area contributed by atoms with E-state index in [2.05, 4.69) is 9.97 Å². The fraction of sp³-hybridized carbons (Fsp3) is 0.143. The molecule has 1 unspecified atom stereocenters. The Morgan fingerprint density at radius 1 is 1.20 bits per heavy atom. The lowest BCUT2D eigenvalue weighted by atomic mass is 10.3. The molecule has 1 aromatic carbocycles. The Morgan fingerprint density at radius 3 is 2.75 bits per heavy atom. The maximum Gasteiger partial charge on any atom is 0.132 e. The molecule has 0 fully saturated rings. The van der Waals surface area contributed by atoms with E-state index in [1.54, 1.807) is 30.6 Å². The number of hydrogen-bond donors (Lipinski definition) is 0. The molecule has 0 saturated heterocycles. The van der Waals surface area contributed by atoms with E-state index < -0.39 is 0 Å². The lowest BCUT2D eigenvalue weighted by Gasteiger charge is -2.12. The summed E-state index contributed by atoms with van der Waals surface area (Å²) >= 11 is 18.6. The number of benzene rings is 1. The summed E-state index contributed by atoms with van der Waals surface area (Å²) in [6.45, 7) is 1.87. The van der Waals surface area contributed by atoms with Gasteiger partial charge in [0.1, 0.15) is 11.3 Å². The number of halogens is 3. The molecule has 0 saturated carbocycles. The summed E-state index contributed by atoms with van der Waals surface area (Å²) in [4.78, 5) is 8.61. The van der Waals surface area contributed by atoms with Gasteiger partial charge in [-0.2, -0.15) is 0 Å². The first-order valence-electron chi connectivity index (χ1n) is 6.00. The third kappa shape index (κ3) is 2.26. The number of hydrogen-bond acceptors (Lipinski definition) is 2. The summed E-state index contributed by atoms with van der Waals surface area (Å²) in [6.07, 6.45) is 3.41. The zero-order chi connectivity index (χ0) is 14.3. The number of alkyl halides is 1. The van der Waals surface area contributed by atoms with Crippen LogP contribution < -0.4 is 0 Å². The Hall–Kier alpha value is -1.29. The second kappa shape index (κ2) is 5.24. The quantitative estimate of drug-likeness (QED) is 0.619. The molecule has 3 nitrogen and oxygen atoms in total. The van der Waals surface area contributed by atoms with Crippen LogP contribution in [0.2, 0.25) is 10.0 Å². The molecule has 102 valence electrons.